The maximum Gasteiger partial charge on any atom is 0.287 e. The summed E-state index contributed by atoms with van der Waals surface area (Å²) >= 11 is 7.55. The number of carbonyl (C=O) groups is 1. The van der Waals surface area contributed by atoms with Crippen molar-refractivity contribution in [2.75, 3.05) is 12.8 Å². The fourth-order valence-corrected chi connectivity index (χ4v) is 3.04. The Kier molecular flexibility index (Phi) is 6.48. The second-order valence-electron chi connectivity index (χ2n) is 4.70. The lowest BCUT2D eigenvalue weighted by Gasteiger charge is -2.29. The summed E-state index contributed by atoms with van der Waals surface area (Å²) in [7, 11) is 0. The van der Waals surface area contributed by atoms with E-state index in [4.69, 9.17) is 11.6 Å². The van der Waals surface area contributed by atoms with Crippen LogP contribution in [0.4, 0.5) is 5.69 Å². The Labute approximate surface area is 133 Å². The van der Waals surface area contributed by atoms with Gasteiger partial charge in [-0.3, -0.25) is 14.9 Å². The molecule has 1 aromatic rings. The number of amides is 1. The summed E-state index contributed by atoms with van der Waals surface area (Å²) in [4.78, 5) is 22.2. The summed E-state index contributed by atoms with van der Waals surface area (Å²) in [5.41, 5.74) is 0.126. The quantitative estimate of drug-likeness (QED) is 0.608. The highest BCUT2D eigenvalue weighted by atomic mass is 35.5. The number of nitro benzene ring substituents is 1. The molecular formula is C14H19ClN2O3S. The topological polar surface area (TPSA) is 72.2 Å². The molecule has 0 bridgehead atoms. The number of rotatable bonds is 7. The number of hydrogen-bond acceptors (Lipinski definition) is 4. The van der Waals surface area contributed by atoms with Crippen LogP contribution < -0.4 is 5.32 Å². The molecule has 0 atom stereocenters. The Morgan fingerprint density at radius 2 is 2.05 bits per heavy atom. The van der Waals surface area contributed by atoms with Crippen molar-refractivity contribution < 1.29 is 9.72 Å². The zero-order valence-electron chi connectivity index (χ0n) is 12.3. The molecule has 0 fully saturated rings. The highest BCUT2D eigenvalue weighted by molar-refractivity contribution is 8.00. The molecule has 0 saturated carbocycles. The molecule has 7 heteroatoms. The largest absolute Gasteiger partial charge is 0.351 e. The van der Waals surface area contributed by atoms with Crippen molar-refractivity contribution in [3.63, 3.8) is 0 Å². The normalized spacial score (nSPS) is 11.2. The first-order chi connectivity index (χ1) is 9.89. The van der Waals surface area contributed by atoms with Crippen LogP contribution in [-0.4, -0.2) is 28.4 Å². The highest BCUT2D eigenvalue weighted by Crippen LogP contribution is 2.30. The third-order valence-electron chi connectivity index (χ3n) is 3.70. The van der Waals surface area contributed by atoms with E-state index >= 15 is 0 Å². The first kappa shape index (κ1) is 17.8. The standard InChI is InChI=1S/C14H19ClN2O3S/c1-4-14(5-2,21-3)9-16-13(18)10-6-7-12(17(19)20)11(15)8-10/h6-8H,4-5,9H2,1-3H3,(H,16,18). The third-order valence-corrected chi connectivity index (χ3v) is 5.59. The van der Waals surface area contributed by atoms with Crippen LogP contribution in [0.15, 0.2) is 18.2 Å². The number of benzene rings is 1. The average Bonchev–Trinajstić information content (AvgIpc) is 2.48. The summed E-state index contributed by atoms with van der Waals surface area (Å²) in [5.74, 6) is -0.271. The van der Waals surface area contributed by atoms with E-state index in [0.29, 0.717) is 12.1 Å². The molecule has 5 nitrogen and oxygen atoms in total. The van der Waals surface area contributed by atoms with E-state index in [1.54, 1.807) is 11.8 Å². The van der Waals surface area contributed by atoms with Gasteiger partial charge in [0.25, 0.3) is 11.6 Å². The van der Waals surface area contributed by atoms with Gasteiger partial charge in [-0.25, -0.2) is 0 Å². The van der Waals surface area contributed by atoms with E-state index in [9.17, 15) is 14.9 Å². The molecule has 1 amide bonds. The number of carbonyl (C=O) groups excluding carboxylic acids is 1. The molecule has 0 aliphatic rings. The number of nitro groups is 1. The van der Waals surface area contributed by atoms with E-state index in [0.717, 1.165) is 12.8 Å². The SMILES string of the molecule is CCC(CC)(CNC(=O)c1ccc([N+](=O)[O-])c(Cl)c1)SC. The lowest BCUT2D eigenvalue weighted by atomic mass is 10.0. The Bertz CT molecular complexity index is 525. The van der Waals surface area contributed by atoms with Crippen LogP contribution in [0.2, 0.25) is 5.02 Å². The maximum absolute atomic E-state index is 12.1. The molecule has 1 aromatic carbocycles. The molecule has 1 N–H and O–H groups in total. The molecule has 0 saturated heterocycles. The van der Waals surface area contributed by atoms with Crippen LogP contribution in [0.1, 0.15) is 37.0 Å². The van der Waals surface area contributed by atoms with Gasteiger partial charge in [-0.2, -0.15) is 11.8 Å². The second kappa shape index (κ2) is 7.66. The Hall–Kier alpha value is -1.27. The molecule has 0 unspecified atom stereocenters. The number of nitrogens with zero attached hydrogens (tertiary/aromatic N) is 1. The predicted molar refractivity (Wildman–Crippen MR) is 87.3 cm³/mol. The Morgan fingerprint density at radius 1 is 1.43 bits per heavy atom. The van der Waals surface area contributed by atoms with Gasteiger partial charge >= 0.3 is 0 Å². The van der Waals surface area contributed by atoms with E-state index in [-0.39, 0.29) is 21.4 Å². The summed E-state index contributed by atoms with van der Waals surface area (Å²) in [6, 6.07) is 3.99. The molecule has 0 radical (unpaired) electrons. The molecule has 0 heterocycles. The monoisotopic (exact) mass is 330 g/mol. The number of thioether (sulfide) groups is 1. The van der Waals surface area contributed by atoms with Gasteiger partial charge in [-0.1, -0.05) is 25.4 Å². The molecule has 0 aliphatic carbocycles. The van der Waals surface area contributed by atoms with Gasteiger partial charge in [0.15, 0.2) is 0 Å². The third kappa shape index (κ3) is 4.35. The molecule has 21 heavy (non-hydrogen) atoms. The molecule has 0 spiro atoms. The average molecular weight is 331 g/mol. The summed E-state index contributed by atoms with van der Waals surface area (Å²) in [6.07, 6.45) is 3.93. The van der Waals surface area contributed by atoms with Crippen LogP contribution in [0, 0.1) is 10.1 Å². The smallest absolute Gasteiger partial charge is 0.287 e. The van der Waals surface area contributed by atoms with Crippen LogP contribution in [-0.2, 0) is 0 Å². The Balaban J connectivity index is 2.81. The minimum Gasteiger partial charge on any atom is -0.351 e. The summed E-state index contributed by atoms with van der Waals surface area (Å²) in [5, 5.41) is 13.5. The lowest BCUT2D eigenvalue weighted by Crippen LogP contribution is -2.39. The first-order valence-electron chi connectivity index (χ1n) is 6.66. The van der Waals surface area contributed by atoms with Crippen molar-refractivity contribution in [2.45, 2.75) is 31.4 Å². The van der Waals surface area contributed by atoms with Crippen molar-refractivity contribution >= 4 is 35.0 Å². The minimum absolute atomic E-state index is 0.0141. The molecule has 1 rings (SSSR count). The number of halogens is 1. The fourth-order valence-electron chi connectivity index (χ4n) is 2.00. The van der Waals surface area contributed by atoms with Crippen LogP contribution in [0.3, 0.4) is 0 Å². The van der Waals surface area contributed by atoms with Crippen molar-refractivity contribution in [2.24, 2.45) is 0 Å². The van der Waals surface area contributed by atoms with Gasteiger partial charge in [0.05, 0.1) is 4.92 Å². The van der Waals surface area contributed by atoms with E-state index in [2.05, 4.69) is 19.2 Å². The van der Waals surface area contributed by atoms with E-state index in [1.807, 2.05) is 6.26 Å². The fraction of sp³-hybridized carbons (Fsp3) is 0.500. The molecular weight excluding hydrogens is 312 g/mol. The van der Waals surface area contributed by atoms with Gasteiger partial charge in [-0.15, -0.1) is 0 Å². The second-order valence-corrected chi connectivity index (χ2v) is 6.38. The van der Waals surface area contributed by atoms with E-state index < -0.39 is 4.92 Å². The first-order valence-corrected chi connectivity index (χ1v) is 8.26. The van der Waals surface area contributed by atoms with Gasteiger partial charge < -0.3 is 5.32 Å². The zero-order chi connectivity index (χ0) is 16.0. The highest BCUT2D eigenvalue weighted by Gasteiger charge is 2.25. The molecule has 116 valence electrons. The Morgan fingerprint density at radius 3 is 2.48 bits per heavy atom. The predicted octanol–water partition coefficient (Wildman–Crippen LogP) is 3.90. The summed E-state index contributed by atoms with van der Waals surface area (Å²) < 4.78 is 0.0141. The van der Waals surface area contributed by atoms with Crippen LogP contribution >= 0.6 is 23.4 Å². The lowest BCUT2D eigenvalue weighted by molar-refractivity contribution is -0.384. The minimum atomic E-state index is -0.572. The van der Waals surface area contributed by atoms with Crippen LogP contribution in [0.5, 0.6) is 0 Å². The molecule has 0 aliphatic heterocycles. The molecule has 0 aromatic heterocycles. The maximum atomic E-state index is 12.1. The van der Waals surface area contributed by atoms with Crippen molar-refractivity contribution in [1.82, 2.24) is 5.32 Å². The van der Waals surface area contributed by atoms with Gasteiger partial charge in [0.2, 0.25) is 0 Å². The van der Waals surface area contributed by atoms with Gasteiger partial charge in [-0.05, 0) is 31.2 Å². The van der Waals surface area contributed by atoms with E-state index in [1.165, 1.54) is 18.2 Å². The number of hydrogen-bond donors (Lipinski definition) is 1. The zero-order valence-corrected chi connectivity index (χ0v) is 13.9. The number of nitrogens with one attached hydrogen (secondary N) is 1. The summed E-state index contributed by atoms with van der Waals surface area (Å²) in [6.45, 7) is 4.73. The van der Waals surface area contributed by atoms with Crippen LogP contribution in [0.25, 0.3) is 0 Å². The van der Waals surface area contributed by atoms with Crippen molar-refractivity contribution in [1.29, 1.82) is 0 Å². The van der Waals surface area contributed by atoms with Gasteiger partial charge in [0, 0.05) is 22.9 Å². The van der Waals surface area contributed by atoms with Gasteiger partial charge in [0.1, 0.15) is 5.02 Å². The van der Waals surface area contributed by atoms with Crippen molar-refractivity contribution in [3.05, 3.63) is 38.9 Å². The van der Waals surface area contributed by atoms with Crippen molar-refractivity contribution in [3.8, 4) is 0 Å².